The number of nitrogens with zero attached hydrogens (tertiary/aromatic N) is 4. The molecule has 0 atom stereocenters. The van der Waals surface area contributed by atoms with Gasteiger partial charge in [-0.25, -0.2) is 19.3 Å². The molecule has 3 aromatic heterocycles. The minimum Gasteiger partial charge on any atom is -0.357 e. The van der Waals surface area contributed by atoms with Crippen molar-refractivity contribution >= 4 is 11.6 Å². The van der Waals surface area contributed by atoms with E-state index in [0.29, 0.717) is 5.95 Å². The Bertz CT molecular complexity index is 1190. The highest BCUT2D eigenvalue weighted by Gasteiger charge is 2.18. The molecule has 0 bridgehead atoms. The number of hydrogen-bond donors (Lipinski definition) is 2. The van der Waals surface area contributed by atoms with Gasteiger partial charge in [-0.3, -0.25) is 4.40 Å². The summed E-state index contributed by atoms with van der Waals surface area (Å²) in [5.74, 6) is 0.251. The molecule has 1 aromatic carbocycles. The van der Waals surface area contributed by atoms with E-state index in [1.165, 1.54) is 12.1 Å². The van der Waals surface area contributed by atoms with Crippen molar-refractivity contribution in [3.05, 3.63) is 66.2 Å². The van der Waals surface area contributed by atoms with E-state index >= 15 is 0 Å². The molecule has 0 saturated carbocycles. The normalized spacial score (nSPS) is 11.8. The Balaban J connectivity index is 1.80. The molecular formula is C24H27FN6. The largest absolute Gasteiger partial charge is 0.357 e. The fourth-order valence-electron chi connectivity index (χ4n) is 3.44. The second-order valence-electron chi connectivity index (χ2n) is 8.76. The van der Waals surface area contributed by atoms with Gasteiger partial charge >= 0.3 is 0 Å². The minimum absolute atomic E-state index is 0.221. The molecule has 0 aliphatic carbocycles. The molecule has 2 N–H and O–H groups in total. The fourth-order valence-corrected chi connectivity index (χ4v) is 3.44. The van der Waals surface area contributed by atoms with Crippen LogP contribution in [-0.2, 0) is 6.54 Å². The highest BCUT2D eigenvalue weighted by molar-refractivity contribution is 5.80. The maximum Gasteiger partial charge on any atom is 0.222 e. The van der Waals surface area contributed by atoms with E-state index in [2.05, 4.69) is 53.5 Å². The number of nitrogens with one attached hydrogen (secondary N) is 2. The van der Waals surface area contributed by atoms with E-state index < -0.39 is 0 Å². The van der Waals surface area contributed by atoms with Gasteiger partial charge in [-0.1, -0.05) is 20.8 Å². The van der Waals surface area contributed by atoms with Crippen LogP contribution in [0.2, 0.25) is 0 Å². The van der Waals surface area contributed by atoms with Crippen molar-refractivity contribution in [1.82, 2.24) is 24.7 Å². The van der Waals surface area contributed by atoms with Gasteiger partial charge in [0.2, 0.25) is 5.95 Å². The summed E-state index contributed by atoms with van der Waals surface area (Å²) in [4.78, 5) is 13.7. The lowest BCUT2D eigenvalue weighted by Crippen LogP contribution is -2.26. The first kappa shape index (κ1) is 20.9. The second kappa shape index (κ2) is 8.43. The smallest absolute Gasteiger partial charge is 0.222 e. The standard InChI is InChI=1S/C24H27FN6/c1-24(2,3)15-27-14-16-10-12-31-20(13-16)30-21(17-5-7-18(25)8-6-17)22(31)19-9-11-28-23(26-4)29-19/h5-13,27H,14-15H2,1-4H3,(H,26,28,29). The van der Waals surface area contributed by atoms with Gasteiger partial charge in [-0.15, -0.1) is 0 Å². The number of anilines is 1. The van der Waals surface area contributed by atoms with Gasteiger partial charge in [0.05, 0.1) is 17.1 Å². The topological polar surface area (TPSA) is 67.1 Å². The van der Waals surface area contributed by atoms with Gasteiger partial charge in [0, 0.05) is 38.1 Å². The van der Waals surface area contributed by atoms with Crippen LogP contribution < -0.4 is 10.6 Å². The van der Waals surface area contributed by atoms with Crippen molar-refractivity contribution in [1.29, 1.82) is 0 Å². The van der Waals surface area contributed by atoms with E-state index in [0.717, 1.165) is 46.9 Å². The first-order valence-electron chi connectivity index (χ1n) is 10.3. The number of imidazole rings is 1. The molecule has 0 radical (unpaired) electrons. The summed E-state index contributed by atoms with van der Waals surface area (Å²) in [5.41, 5.74) is 5.35. The molecule has 0 fully saturated rings. The molecule has 0 spiro atoms. The summed E-state index contributed by atoms with van der Waals surface area (Å²) >= 11 is 0. The van der Waals surface area contributed by atoms with E-state index in [4.69, 9.17) is 4.98 Å². The molecular weight excluding hydrogens is 391 g/mol. The highest BCUT2D eigenvalue weighted by atomic mass is 19.1. The van der Waals surface area contributed by atoms with Crippen LogP contribution in [-0.4, -0.2) is 32.9 Å². The Morgan fingerprint density at radius 2 is 1.81 bits per heavy atom. The number of fused-ring (bicyclic) bond motifs is 1. The third-order valence-corrected chi connectivity index (χ3v) is 4.91. The van der Waals surface area contributed by atoms with Crippen LogP contribution in [0.5, 0.6) is 0 Å². The highest BCUT2D eigenvalue weighted by Crippen LogP contribution is 2.32. The van der Waals surface area contributed by atoms with Crippen LogP contribution in [0.4, 0.5) is 10.3 Å². The van der Waals surface area contributed by atoms with Crippen LogP contribution in [0, 0.1) is 11.2 Å². The Labute approximate surface area is 181 Å². The molecule has 31 heavy (non-hydrogen) atoms. The summed E-state index contributed by atoms with van der Waals surface area (Å²) in [7, 11) is 1.78. The Morgan fingerprint density at radius 1 is 1.03 bits per heavy atom. The molecule has 4 aromatic rings. The van der Waals surface area contributed by atoms with Crippen LogP contribution in [0.25, 0.3) is 28.3 Å². The molecule has 0 saturated heterocycles. The summed E-state index contributed by atoms with van der Waals surface area (Å²) in [6.07, 6.45) is 3.73. The van der Waals surface area contributed by atoms with Gasteiger partial charge in [-0.2, -0.15) is 0 Å². The van der Waals surface area contributed by atoms with E-state index in [1.54, 1.807) is 25.4 Å². The summed E-state index contributed by atoms with van der Waals surface area (Å²) in [6.45, 7) is 8.31. The van der Waals surface area contributed by atoms with Gasteiger partial charge in [-0.05, 0) is 53.4 Å². The molecule has 3 heterocycles. The Kier molecular flexibility index (Phi) is 5.69. The van der Waals surface area contributed by atoms with Gasteiger partial charge in [0.15, 0.2) is 0 Å². The van der Waals surface area contributed by atoms with Crippen LogP contribution in [0.3, 0.4) is 0 Å². The quantitative estimate of drug-likeness (QED) is 0.472. The van der Waals surface area contributed by atoms with Crippen LogP contribution >= 0.6 is 0 Å². The predicted octanol–water partition coefficient (Wildman–Crippen LogP) is 4.77. The van der Waals surface area contributed by atoms with Crippen LogP contribution in [0.15, 0.2) is 54.9 Å². The number of aromatic nitrogens is 4. The number of rotatable bonds is 6. The molecule has 4 rings (SSSR count). The molecule has 0 aliphatic heterocycles. The number of benzene rings is 1. The van der Waals surface area contributed by atoms with Crippen molar-refractivity contribution < 1.29 is 4.39 Å². The summed E-state index contributed by atoms with van der Waals surface area (Å²) in [5, 5.41) is 6.48. The zero-order valence-electron chi connectivity index (χ0n) is 18.3. The van der Waals surface area contributed by atoms with Crippen molar-refractivity contribution in [3.63, 3.8) is 0 Å². The van der Waals surface area contributed by atoms with Crippen LogP contribution in [0.1, 0.15) is 26.3 Å². The lowest BCUT2D eigenvalue weighted by Gasteiger charge is -2.18. The third-order valence-electron chi connectivity index (χ3n) is 4.91. The van der Waals surface area contributed by atoms with Gasteiger partial charge < -0.3 is 10.6 Å². The monoisotopic (exact) mass is 418 g/mol. The molecule has 0 unspecified atom stereocenters. The van der Waals surface area contributed by atoms with E-state index in [-0.39, 0.29) is 11.2 Å². The number of halogens is 1. The van der Waals surface area contributed by atoms with Gasteiger partial charge in [0.1, 0.15) is 11.5 Å². The van der Waals surface area contributed by atoms with E-state index in [1.807, 2.05) is 16.7 Å². The van der Waals surface area contributed by atoms with Gasteiger partial charge in [0.25, 0.3) is 0 Å². The average molecular weight is 419 g/mol. The molecule has 160 valence electrons. The summed E-state index contributed by atoms with van der Waals surface area (Å²) in [6, 6.07) is 12.4. The molecule has 6 nitrogen and oxygen atoms in total. The average Bonchev–Trinajstić information content (AvgIpc) is 3.12. The number of pyridine rings is 1. The van der Waals surface area contributed by atoms with Crippen molar-refractivity contribution in [2.24, 2.45) is 5.41 Å². The molecule has 0 aliphatic rings. The fraction of sp³-hybridized carbons (Fsp3) is 0.292. The molecule has 7 heteroatoms. The maximum absolute atomic E-state index is 13.5. The first-order chi connectivity index (χ1) is 14.8. The third kappa shape index (κ3) is 4.72. The number of hydrogen-bond acceptors (Lipinski definition) is 5. The zero-order chi connectivity index (χ0) is 22.0. The Morgan fingerprint density at radius 3 is 2.52 bits per heavy atom. The maximum atomic E-state index is 13.5. The predicted molar refractivity (Wildman–Crippen MR) is 122 cm³/mol. The minimum atomic E-state index is -0.277. The zero-order valence-corrected chi connectivity index (χ0v) is 18.3. The first-order valence-corrected chi connectivity index (χ1v) is 10.3. The molecule has 0 amide bonds. The Hall–Kier alpha value is -3.32. The van der Waals surface area contributed by atoms with E-state index in [9.17, 15) is 4.39 Å². The van der Waals surface area contributed by atoms with Crippen molar-refractivity contribution in [2.75, 3.05) is 18.9 Å². The summed E-state index contributed by atoms with van der Waals surface area (Å²) < 4.78 is 15.5. The SMILES string of the molecule is CNc1nccc(-c2c(-c3ccc(F)cc3)nc3cc(CNCC(C)(C)C)ccn23)n1. The lowest BCUT2D eigenvalue weighted by atomic mass is 9.97. The van der Waals surface area contributed by atoms with Crippen molar-refractivity contribution in [3.8, 4) is 22.6 Å². The van der Waals surface area contributed by atoms with Crippen molar-refractivity contribution in [2.45, 2.75) is 27.3 Å². The second-order valence-corrected chi connectivity index (χ2v) is 8.76. The lowest BCUT2D eigenvalue weighted by molar-refractivity contribution is 0.379.